The van der Waals surface area contributed by atoms with Crippen LogP contribution in [0.25, 0.3) is 0 Å². The lowest BCUT2D eigenvalue weighted by Gasteiger charge is -2.13. The Balaban J connectivity index is 2.89. The fraction of sp³-hybridized carbons (Fsp3) is 0.667. The van der Waals surface area contributed by atoms with E-state index in [1.165, 1.54) is 7.11 Å². The van der Waals surface area contributed by atoms with Gasteiger partial charge in [0.15, 0.2) is 5.78 Å². The largest absolute Gasteiger partial charge is 0.468 e. The van der Waals surface area contributed by atoms with Crippen LogP contribution < -0.4 is 0 Å². The van der Waals surface area contributed by atoms with Crippen molar-refractivity contribution in [2.75, 3.05) is 21.2 Å². The molecule has 0 aromatic rings. The van der Waals surface area contributed by atoms with E-state index in [1.807, 2.05) is 25.2 Å². The van der Waals surface area contributed by atoms with Gasteiger partial charge in [0.25, 0.3) is 0 Å². The molecule has 1 fully saturated rings. The second kappa shape index (κ2) is 5.68. The Kier molecular flexibility index (Phi) is 4.52. The average molecular weight is 225 g/mol. The molecular formula is C12H19NO3. The molecule has 0 heterocycles. The van der Waals surface area contributed by atoms with Crippen LogP contribution in [-0.2, 0) is 14.3 Å². The lowest BCUT2D eigenvalue weighted by Crippen LogP contribution is -2.26. The first-order valence-electron chi connectivity index (χ1n) is 5.55. The number of methoxy groups -OCH3 is 1. The van der Waals surface area contributed by atoms with Crippen molar-refractivity contribution in [3.63, 3.8) is 0 Å². The lowest BCUT2D eigenvalue weighted by atomic mass is 9.96. The molecule has 0 bridgehead atoms. The maximum absolute atomic E-state index is 12.1. The van der Waals surface area contributed by atoms with E-state index in [0.29, 0.717) is 6.42 Å². The number of hydrogen-bond acceptors (Lipinski definition) is 4. The van der Waals surface area contributed by atoms with Crippen LogP contribution >= 0.6 is 0 Å². The molecule has 0 saturated heterocycles. The van der Waals surface area contributed by atoms with E-state index in [4.69, 9.17) is 0 Å². The summed E-state index contributed by atoms with van der Waals surface area (Å²) in [5.41, 5.74) is 0.734. The molecule has 90 valence electrons. The minimum atomic E-state index is -0.598. The second-order valence-electron chi connectivity index (χ2n) is 4.30. The van der Waals surface area contributed by atoms with Crippen molar-refractivity contribution in [1.82, 2.24) is 4.90 Å². The molecule has 1 aliphatic rings. The smallest absolute Gasteiger partial charge is 0.316 e. The minimum absolute atomic E-state index is 0.0712. The van der Waals surface area contributed by atoms with Crippen molar-refractivity contribution >= 4 is 11.8 Å². The van der Waals surface area contributed by atoms with Crippen LogP contribution in [0, 0.1) is 5.92 Å². The average Bonchev–Trinajstić information content (AvgIpc) is 2.41. The number of esters is 1. The topological polar surface area (TPSA) is 46.6 Å². The van der Waals surface area contributed by atoms with Gasteiger partial charge in [0.1, 0.15) is 5.92 Å². The van der Waals surface area contributed by atoms with Crippen molar-refractivity contribution < 1.29 is 14.3 Å². The van der Waals surface area contributed by atoms with Crippen molar-refractivity contribution in [1.29, 1.82) is 0 Å². The summed E-state index contributed by atoms with van der Waals surface area (Å²) in [6.07, 6.45) is 5.03. The second-order valence-corrected chi connectivity index (χ2v) is 4.30. The highest BCUT2D eigenvalue weighted by molar-refractivity contribution is 6.08. The number of nitrogens with zero attached hydrogens (tertiary/aromatic N) is 1. The highest BCUT2D eigenvalue weighted by Gasteiger charge is 2.31. The van der Waals surface area contributed by atoms with Gasteiger partial charge in [-0.1, -0.05) is 6.42 Å². The van der Waals surface area contributed by atoms with Crippen LogP contribution in [-0.4, -0.2) is 37.9 Å². The van der Waals surface area contributed by atoms with Gasteiger partial charge in [-0.15, -0.1) is 0 Å². The first-order chi connectivity index (χ1) is 7.56. The summed E-state index contributed by atoms with van der Waals surface area (Å²) >= 11 is 0. The Labute approximate surface area is 96.3 Å². The van der Waals surface area contributed by atoms with Crippen LogP contribution in [0.5, 0.6) is 0 Å². The zero-order valence-corrected chi connectivity index (χ0v) is 10.2. The third-order valence-corrected chi connectivity index (χ3v) is 2.72. The number of carbonyl (C=O) groups is 2. The summed E-state index contributed by atoms with van der Waals surface area (Å²) in [7, 11) is 5.08. The van der Waals surface area contributed by atoms with Gasteiger partial charge in [0.05, 0.1) is 7.11 Å². The normalized spacial score (nSPS) is 24.1. The zero-order valence-electron chi connectivity index (χ0n) is 10.2. The van der Waals surface area contributed by atoms with E-state index in [2.05, 4.69) is 4.74 Å². The van der Waals surface area contributed by atoms with E-state index in [1.54, 1.807) is 0 Å². The van der Waals surface area contributed by atoms with Gasteiger partial charge in [-0.05, 0) is 19.3 Å². The monoisotopic (exact) mass is 225 g/mol. The molecule has 0 aliphatic heterocycles. The van der Waals surface area contributed by atoms with E-state index in [-0.39, 0.29) is 5.78 Å². The third-order valence-electron chi connectivity index (χ3n) is 2.72. The first kappa shape index (κ1) is 12.7. The molecule has 0 radical (unpaired) electrons. The van der Waals surface area contributed by atoms with Crippen molar-refractivity contribution in [3.05, 3.63) is 11.8 Å². The maximum atomic E-state index is 12.1. The van der Waals surface area contributed by atoms with Gasteiger partial charge >= 0.3 is 5.97 Å². The Morgan fingerprint density at radius 3 is 2.69 bits per heavy atom. The highest BCUT2D eigenvalue weighted by atomic mass is 16.5. The van der Waals surface area contributed by atoms with Crippen LogP contribution in [0.3, 0.4) is 0 Å². The SMILES string of the molecule is COC(=O)C1CCCC/C(=C/N(C)C)C1=O. The summed E-state index contributed by atoms with van der Waals surface area (Å²) in [5.74, 6) is -1.08. The van der Waals surface area contributed by atoms with Gasteiger partial charge < -0.3 is 9.64 Å². The number of ether oxygens (including phenoxy) is 1. The van der Waals surface area contributed by atoms with E-state index < -0.39 is 11.9 Å². The zero-order chi connectivity index (χ0) is 12.1. The number of hydrogen-bond donors (Lipinski definition) is 0. The van der Waals surface area contributed by atoms with Crippen molar-refractivity contribution in [2.24, 2.45) is 5.92 Å². The molecule has 1 rings (SSSR count). The Morgan fingerprint density at radius 2 is 2.12 bits per heavy atom. The number of carbonyl (C=O) groups excluding carboxylic acids is 2. The Bertz CT molecular complexity index is 307. The minimum Gasteiger partial charge on any atom is -0.468 e. The van der Waals surface area contributed by atoms with Gasteiger partial charge in [0.2, 0.25) is 0 Å². The standard InChI is InChI=1S/C12H19NO3/c1-13(2)8-9-6-4-5-7-10(11(9)14)12(15)16-3/h8,10H,4-7H2,1-3H3/b9-8-. The predicted molar refractivity (Wildman–Crippen MR) is 60.8 cm³/mol. The summed E-state index contributed by atoms with van der Waals surface area (Å²) in [6.45, 7) is 0. The molecule has 1 unspecified atom stereocenters. The Morgan fingerprint density at radius 1 is 1.44 bits per heavy atom. The molecule has 0 amide bonds. The van der Waals surface area contributed by atoms with E-state index in [9.17, 15) is 9.59 Å². The molecule has 1 aliphatic carbocycles. The van der Waals surface area contributed by atoms with E-state index in [0.717, 1.165) is 24.8 Å². The summed E-state index contributed by atoms with van der Waals surface area (Å²) in [6, 6.07) is 0. The molecule has 0 aromatic carbocycles. The number of rotatable bonds is 2. The molecule has 1 atom stereocenters. The Hall–Kier alpha value is -1.32. The molecule has 0 N–H and O–H groups in total. The van der Waals surface area contributed by atoms with Crippen LogP contribution in [0.15, 0.2) is 11.8 Å². The third kappa shape index (κ3) is 3.08. The predicted octanol–water partition coefficient (Wildman–Crippen LogP) is 1.36. The van der Waals surface area contributed by atoms with Crippen molar-refractivity contribution in [3.8, 4) is 0 Å². The fourth-order valence-electron chi connectivity index (χ4n) is 1.95. The molecule has 4 nitrogen and oxygen atoms in total. The number of allylic oxidation sites excluding steroid dienone is 1. The highest BCUT2D eigenvalue weighted by Crippen LogP contribution is 2.25. The lowest BCUT2D eigenvalue weighted by molar-refractivity contribution is -0.148. The quantitative estimate of drug-likeness (QED) is 0.308. The van der Waals surface area contributed by atoms with E-state index >= 15 is 0 Å². The van der Waals surface area contributed by atoms with Crippen LogP contribution in [0.4, 0.5) is 0 Å². The van der Waals surface area contributed by atoms with Crippen LogP contribution in [0.1, 0.15) is 25.7 Å². The molecule has 4 heteroatoms. The molecule has 0 aromatic heterocycles. The van der Waals surface area contributed by atoms with Gasteiger partial charge in [-0.25, -0.2) is 0 Å². The summed E-state index contributed by atoms with van der Waals surface area (Å²) in [5, 5.41) is 0. The molecule has 1 saturated carbocycles. The summed E-state index contributed by atoms with van der Waals surface area (Å²) in [4.78, 5) is 25.4. The first-order valence-corrected chi connectivity index (χ1v) is 5.55. The van der Waals surface area contributed by atoms with Crippen molar-refractivity contribution in [2.45, 2.75) is 25.7 Å². The maximum Gasteiger partial charge on any atom is 0.316 e. The van der Waals surface area contributed by atoms with Crippen LogP contribution in [0.2, 0.25) is 0 Å². The molecular weight excluding hydrogens is 206 g/mol. The number of Topliss-reactive ketones (excluding diaryl/α,β-unsaturated/α-hetero) is 1. The fourth-order valence-corrected chi connectivity index (χ4v) is 1.95. The molecule has 0 spiro atoms. The van der Waals surface area contributed by atoms with Gasteiger partial charge in [-0.3, -0.25) is 9.59 Å². The van der Waals surface area contributed by atoms with Gasteiger partial charge in [0, 0.05) is 25.9 Å². The number of ketones is 1. The molecule has 16 heavy (non-hydrogen) atoms. The van der Waals surface area contributed by atoms with Gasteiger partial charge in [-0.2, -0.15) is 0 Å². The summed E-state index contributed by atoms with van der Waals surface area (Å²) < 4.78 is 4.67.